The largest absolute Gasteiger partial charge is 0.480 e. The SMILES string of the molecule is C[Si](C)(O)c1cccc2c1CC(C(=O)N1CCC(c3cccc(CN)c3)CC1)O2. The molecule has 2 aromatic rings. The van der Waals surface area contributed by atoms with Gasteiger partial charge in [0.15, 0.2) is 6.10 Å². The maximum Gasteiger partial charge on any atom is 0.263 e. The summed E-state index contributed by atoms with van der Waals surface area (Å²) in [7, 11) is -2.46. The molecule has 0 spiro atoms. The van der Waals surface area contributed by atoms with Crippen molar-refractivity contribution >= 4 is 19.4 Å². The summed E-state index contributed by atoms with van der Waals surface area (Å²) in [6.45, 7) is 5.87. The fourth-order valence-corrected chi connectivity index (χ4v) is 6.06. The zero-order valence-electron chi connectivity index (χ0n) is 17.2. The Morgan fingerprint density at radius 2 is 1.93 bits per heavy atom. The van der Waals surface area contributed by atoms with Crippen LogP contribution >= 0.6 is 0 Å². The predicted molar refractivity (Wildman–Crippen MR) is 117 cm³/mol. The van der Waals surface area contributed by atoms with Gasteiger partial charge in [-0.15, -0.1) is 0 Å². The standard InChI is InChI=1S/C23H30N2O3Si/c1-29(2,27)22-8-4-7-20-19(22)14-21(28-20)23(26)25-11-9-17(10-12-25)18-6-3-5-16(13-18)15-24/h3-8,13,17,21,27H,9-12,14-15,24H2,1-2H3. The maximum atomic E-state index is 13.1. The van der Waals surface area contributed by atoms with Gasteiger partial charge in [0.05, 0.1) is 0 Å². The van der Waals surface area contributed by atoms with Crippen LogP contribution in [0.5, 0.6) is 5.75 Å². The zero-order chi connectivity index (χ0) is 20.6. The first-order chi connectivity index (χ1) is 13.9. The first kappa shape index (κ1) is 20.1. The number of amides is 1. The molecular weight excluding hydrogens is 380 g/mol. The predicted octanol–water partition coefficient (Wildman–Crippen LogP) is 2.26. The van der Waals surface area contributed by atoms with E-state index in [0.29, 0.717) is 18.9 Å². The summed E-state index contributed by atoms with van der Waals surface area (Å²) in [4.78, 5) is 25.6. The van der Waals surface area contributed by atoms with E-state index in [0.717, 1.165) is 48.0 Å². The summed E-state index contributed by atoms with van der Waals surface area (Å²) in [5.74, 6) is 1.29. The second-order valence-electron chi connectivity index (χ2n) is 8.70. The number of carbonyl (C=O) groups is 1. The molecule has 5 nitrogen and oxygen atoms in total. The minimum atomic E-state index is -2.46. The Morgan fingerprint density at radius 3 is 2.62 bits per heavy atom. The van der Waals surface area contributed by atoms with E-state index in [4.69, 9.17) is 10.5 Å². The van der Waals surface area contributed by atoms with Crippen molar-refractivity contribution in [2.24, 2.45) is 5.73 Å². The molecule has 1 unspecified atom stereocenters. The highest BCUT2D eigenvalue weighted by Gasteiger charge is 2.37. The first-order valence-electron chi connectivity index (χ1n) is 10.5. The number of piperidine rings is 1. The van der Waals surface area contributed by atoms with Gasteiger partial charge < -0.3 is 20.2 Å². The molecule has 6 heteroatoms. The van der Waals surface area contributed by atoms with Crippen molar-refractivity contribution in [2.75, 3.05) is 13.1 Å². The lowest BCUT2D eigenvalue weighted by Crippen LogP contribution is -2.46. The highest BCUT2D eigenvalue weighted by atomic mass is 28.4. The summed E-state index contributed by atoms with van der Waals surface area (Å²) in [6.07, 6.45) is 2.00. The number of hydrogen-bond donors (Lipinski definition) is 2. The molecule has 2 aromatic carbocycles. The van der Waals surface area contributed by atoms with Gasteiger partial charge in [-0.1, -0.05) is 36.4 Å². The van der Waals surface area contributed by atoms with Gasteiger partial charge in [-0.05, 0) is 59.8 Å². The molecule has 0 aliphatic carbocycles. The fourth-order valence-electron chi connectivity index (χ4n) is 4.59. The van der Waals surface area contributed by atoms with Crippen molar-refractivity contribution in [3.05, 3.63) is 59.2 Å². The average Bonchev–Trinajstić information content (AvgIpc) is 3.17. The number of nitrogens with two attached hydrogens (primary N) is 1. The van der Waals surface area contributed by atoms with Gasteiger partial charge >= 0.3 is 0 Å². The van der Waals surface area contributed by atoms with Crippen LogP contribution in [0.25, 0.3) is 0 Å². The molecule has 2 aliphatic rings. The number of fused-ring (bicyclic) bond motifs is 1. The summed E-state index contributed by atoms with van der Waals surface area (Å²) in [5, 5.41) is 0.976. The highest BCUT2D eigenvalue weighted by Crippen LogP contribution is 2.32. The average molecular weight is 411 g/mol. The van der Waals surface area contributed by atoms with E-state index in [-0.39, 0.29) is 5.91 Å². The Kier molecular flexibility index (Phi) is 5.51. The van der Waals surface area contributed by atoms with Gasteiger partial charge in [-0.25, -0.2) is 0 Å². The Balaban J connectivity index is 1.40. The molecular formula is C23H30N2O3Si. The number of ether oxygens (including phenoxy) is 1. The number of nitrogens with zero attached hydrogens (tertiary/aromatic N) is 1. The highest BCUT2D eigenvalue weighted by molar-refractivity contribution is 6.83. The quantitative estimate of drug-likeness (QED) is 0.758. The monoisotopic (exact) mass is 410 g/mol. The molecule has 154 valence electrons. The van der Waals surface area contributed by atoms with E-state index in [2.05, 4.69) is 24.3 Å². The second-order valence-corrected chi connectivity index (χ2v) is 12.4. The van der Waals surface area contributed by atoms with E-state index in [1.807, 2.05) is 36.2 Å². The minimum Gasteiger partial charge on any atom is -0.480 e. The molecule has 0 radical (unpaired) electrons. The molecule has 29 heavy (non-hydrogen) atoms. The van der Waals surface area contributed by atoms with Gasteiger partial charge in [0, 0.05) is 26.1 Å². The summed E-state index contributed by atoms with van der Waals surface area (Å²) in [6, 6.07) is 14.3. The minimum absolute atomic E-state index is 0.0683. The molecule has 0 aromatic heterocycles. The molecule has 0 bridgehead atoms. The zero-order valence-corrected chi connectivity index (χ0v) is 18.2. The number of benzene rings is 2. The third-order valence-corrected chi connectivity index (χ3v) is 7.98. The van der Waals surface area contributed by atoms with Crippen LogP contribution in [0.4, 0.5) is 0 Å². The van der Waals surface area contributed by atoms with Crippen LogP contribution in [0, 0.1) is 0 Å². The van der Waals surface area contributed by atoms with Crippen molar-refractivity contribution in [3.63, 3.8) is 0 Å². The van der Waals surface area contributed by atoms with E-state index in [9.17, 15) is 9.59 Å². The molecule has 3 N–H and O–H groups in total. The Bertz CT molecular complexity index is 901. The van der Waals surface area contributed by atoms with E-state index < -0.39 is 14.4 Å². The topological polar surface area (TPSA) is 75.8 Å². The van der Waals surface area contributed by atoms with Crippen LogP contribution in [0.15, 0.2) is 42.5 Å². The molecule has 1 amide bonds. The van der Waals surface area contributed by atoms with Gasteiger partial charge in [-0.2, -0.15) is 0 Å². The number of carbonyl (C=O) groups excluding carboxylic acids is 1. The van der Waals surface area contributed by atoms with Crippen LogP contribution in [-0.4, -0.2) is 43.1 Å². The lowest BCUT2D eigenvalue weighted by molar-refractivity contribution is -0.139. The molecule has 1 saturated heterocycles. The van der Waals surface area contributed by atoms with Crippen LogP contribution in [0.2, 0.25) is 13.1 Å². The Morgan fingerprint density at radius 1 is 1.21 bits per heavy atom. The van der Waals surface area contributed by atoms with E-state index in [1.54, 1.807) is 0 Å². The summed E-state index contributed by atoms with van der Waals surface area (Å²) in [5.41, 5.74) is 9.27. The van der Waals surface area contributed by atoms with Crippen LogP contribution in [0.1, 0.15) is 35.4 Å². The molecule has 1 fully saturated rings. The normalized spacial score (nSPS) is 19.7. The van der Waals surface area contributed by atoms with Crippen LogP contribution < -0.4 is 15.7 Å². The first-order valence-corrected chi connectivity index (χ1v) is 13.4. The van der Waals surface area contributed by atoms with Crippen molar-refractivity contribution in [1.29, 1.82) is 0 Å². The second kappa shape index (κ2) is 7.93. The number of likely N-dealkylation sites (tertiary alicyclic amines) is 1. The molecule has 2 heterocycles. The number of rotatable bonds is 4. The molecule has 0 saturated carbocycles. The van der Waals surface area contributed by atoms with Crippen LogP contribution in [0.3, 0.4) is 0 Å². The van der Waals surface area contributed by atoms with Gasteiger partial charge in [0.25, 0.3) is 5.91 Å². The lowest BCUT2D eigenvalue weighted by Gasteiger charge is -2.33. The maximum absolute atomic E-state index is 13.1. The van der Waals surface area contributed by atoms with E-state index >= 15 is 0 Å². The summed E-state index contributed by atoms with van der Waals surface area (Å²) >= 11 is 0. The molecule has 4 rings (SSSR count). The van der Waals surface area contributed by atoms with Gasteiger partial charge in [-0.3, -0.25) is 4.79 Å². The molecule has 2 aliphatic heterocycles. The van der Waals surface area contributed by atoms with Crippen molar-refractivity contribution in [3.8, 4) is 5.75 Å². The smallest absolute Gasteiger partial charge is 0.263 e. The summed E-state index contributed by atoms with van der Waals surface area (Å²) < 4.78 is 6.01. The third kappa shape index (κ3) is 4.10. The fraction of sp³-hybridized carbons (Fsp3) is 0.435. The lowest BCUT2D eigenvalue weighted by atomic mass is 9.88. The van der Waals surface area contributed by atoms with Crippen molar-refractivity contribution in [2.45, 2.75) is 50.9 Å². The van der Waals surface area contributed by atoms with Crippen molar-refractivity contribution in [1.82, 2.24) is 4.90 Å². The van der Waals surface area contributed by atoms with Gasteiger partial charge in [0.2, 0.25) is 8.32 Å². The Labute approximate surface area is 173 Å². The van der Waals surface area contributed by atoms with E-state index in [1.165, 1.54) is 5.56 Å². The molecule has 1 atom stereocenters. The van der Waals surface area contributed by atoms with Crippen molar-refractivity contribution < 1.29 is 14.3 Å². The Hall–Kier alpha value is -2.15. The number of hydrogen-bond acceptors (Lipinski definition) is 4. The van der Waals surface area contributed by atoms with Crippen LogP contribution in [-0.2, 0) is 17.8 Å². The third-order valence-electron chi connectivity index (χ3n) is 6.19. The van der Waals surface area contributed by atoms with Gasteiger partial charge in [0.1, 0.15) is 5.75 Å².